The highest BCUT2D eigenvalue weighted by molar-refractivity contribution is 5.67. The van der Waals surface area contributed by atoms with Crippen molar-refractivity contribution in [2.75, 3.05) is 18.4 Å². The molecule has 0 spiro atoms. The van der Waals surface area contributed by atoms with Crippen molar-refractivity contribution in [2.45, 2.75) is 20.3 Å². The smallest absolute Gasteiger partial charge is 0.225 e. The summed E-state index contributed by atoms with van der Waals surface area (Å²) < 4.78 is 1.67. The maximum atomic E-state index is 11.0. The number of carbonyl (C=O) groups is 1. The van der Waals surface area contributed by atoms with E-state index < -0.39 is 0 Å². The molecule has 1 aromatic heterocycles. The molecule has 0 amide bonds. The first-order valence-corrected chi connectivity index (χ1v) is 9.88. The van der Waals surface area contributed by atoms with Crippen LogP contribution in [-0.4, -0.2) is 34.1 Å². The Labute approximate surface area is 172 Å². The zero-order valence-electron chi connectivity index (χ0n) is 17.3. The Morgan fingerprint density at radius 1 is 1.03 bits per heavy atom. The molecule has 3 aromatic rings. The minimum absolute atomic E-state index is 0.541. The molecule has 0 atom stereocenters. The average molecular weight is 392 g/mol. The van der Waals surface area contributed by atoms with Crippen LogP contribution in [0.25, 0.3) is 11.4 Å². The number of benzene rings is 2. The summed E-state index contributed by atoms with van der Waals surface area (Å²) in [6, 6.07) is 20.1. The summed E-state index contributed by atoms with van der Waals surface area (Å²) in [5.41, 5.74) is 2.97. The van der Waals surface area contributed by atoms with Crippen LogP contribution in [-0.2, 0) is 18.3 Å². The van der Waals surface area contributed by atoms with Gasteiger partial charge in [0.15, 0.2) is 5.82 Å². The molecule has 3 rings (SSSR count). The fraction of sp³-hybridized carbons (Fsp3) is 0.261. The molecule has 6 heteroatoms. The quantitative estimate of drug-likeness (QED) is 0.329. The highest BCUT2D eigenvalue weighted by atomic mass is 16.1. The lowest BCUT2D eigenvalue weighted by Gasteiger charge is -2.10. The number of rotatable bonds is 9. The Morgan fingerprint density at radius 3 is 2.34 bits per heavy atom. The Bertz CT molecular complexity index is 888. The van der Waals surface area contributed by atoms with Crippen molar-refractivity contribution in [1.82, 2.24) is 20.1 Å². The van der Waals surface area contributed by atoms with Crippen molar-refractivity contribution >= 4 is 12.2 Å². The summed E-state index contributed by atoms with van der Waals surface area (Å²) >= 11 is 0. The summed E-state index contributed by atoms with van der Waals surface area (Å²) in [6.07, 6.45) is 3.21. The lowest BCUT2D eigenvalue weighted by molar-refractivity contribution is -0.104. The summed E-state index contributed by atoms with van der Waals surface area (Å²) in [5, 5.41) is 11.0. The van der Waals surface area contributed by atoms with Gasteiger partial charge in [0.25, 0.3) is 0 Å². The molecule has 0 aliphatic heterocycles. The number of aromatic nitrogens is 3. The number of aryl methyl sites for hydroxylation is 1. The van der Waals surface area contributed by atoms with Gasteiger partial charge in [0, 0.05) is 24.9 Å². The van der Waals surface area contributed by atoms with Gasteiger partial charge >= 0.3 is 0 Å². The van der Waals surface area contributed by atoms with E-state index in [1.165, 1.54) is 11.6 Å². The minimum Gasteiger partial charge on any atom is -0.327 e. The second-order valence-electron chi connectivity index (χ2n) is 6.11. The van der Waals surface area contributed by atoms with Gasteiger partial charge in [-0.15, -0.1) is 5.10 Å². The Morgan fingerprint density at radius 2 is 1.69 bits per heavy atom. The Balaban J connectivity index is 0.00000145. The van der Waals surface area contributed by atoms with E-state index in [9.17, 15) is 4.79 Å². The Kier molecular flexibility index (Phi) is 9.32. The van der Waals surface area contributed by atoms with Crippen LogP contribution in [0.2, 0.25) is 0 Å². The predicted molar refractivity (Wildman–Crippen MR) is 119 cm³/mol. The first kappa shape index (κ1) is 22.0. The molecule has 2 aromatic carbocycles. The van der Waals surface area contributed by atoms with E-state index in [1.54, 1.807) is 4.68 Å². The second kappa shape index (κ2) is 12.3. The molecule has 0 aliphatic carbocycles. The molecule has 0 saturated carbocycles. The molecule has 2 N–H and O–H groups in total. The zero-order chi connectivity index (χ0) is 20.9. The number of carbonyl (C=O) groups excluding carboxylic acids is 1. The molecule has 6 nitrogen and oxygen atoms in total. The number of hydrogen-bond donors (Lipinski definition) is 2. The van der Waals surface area contributed by atoms with Crippen LogP contribution in [0.5, 0.6) is 0 Å². The summed E-state index contributed by atoms with van der Waals surface area (Å²) in [6.45, 7) is 5.36. The molecule has 29 heavy (non-hydrogen) atoms. The van der Waals surface area contributed by atoms with Gasteiger partial charge in [-0.1, -0.05) is 74.5 Å². The number of allylic oxidation sites excluding steroid dienone is 1. The van der Waals surface area contributed by atoms with Crippen LogP contribution in [0.1, 0.15) is 19.4 Å². The molecule has 0 fully saturated rings. The van der Waals surface area contributed by atoms with E-state index >= 15 is 0 Å². The minimum atomic E-state index is 0.541. The van der Waals surface area contributed by atoms with E-state index in [0.29, 0.717) is 18.3 Å². The number of hydrogen-bond acceptors (Lipinski definition) is 5. The van der Waals surface area contributed by atoms with Crippen molar-refractivity contribution in [3.63, 3.8) is 0 Å². The van der Waals surface area contributed by atoms with Gasteiger partial charge in [-0.25, -0.2) is 4.68 Å². The van der Waals surface area contributed by atoms with E-state index in [1.807, 2.05) is 69.4 Å². The Hall–Kier alpha value is -3.25. The van der Waals surface area contributed by atoms with Gasteiger partial charge in [0.2, 0.25) is 5.95 Å². The molecule has 0 radical (unpaired) electrons. The van der Waals surface area contributed by atoms with Gasteiger partial charge in [0.05, 0.1) is 0 Å². The summed E-state index contributed by atoms with van der Waals surface area (Å²) in [5.74, 6) is 1.23. The molecule has 1 heterocycles. The topological polar surface area (TPSA) is 71.8 Å². The van der Waals surface area contributed by atoms with Gasteiger partial charge in [-0.05, 0) is 24.6 Å². The highest BCUT2D eigenvalue weighted by Crippen LogP contribution is 2.17. The van der Waals surface area contributed by atoms with Gasteiger partial charge in [-0.2, -0.15) is 4.98 Å². The van der Waals surface area contributed by atoms with E-state index in [2.05, 4.69) is 32.8 Å². The second-order valence-corrected chi connectivity index (χ2v) is 6.11. The molecular formula is C23H29N5O. The zero-order valence-corrected chi connectivity index (χ0v) is 17.3. The summed E-state index contributed by atoms with van der Waals surface area (Å²) in [7, 11) is 1.82. The van der Waals surface area contributed by atoms with E-state index in [4.69, 9.17) is 0 Å². The maximum Gasteiger partial charge on any atom is 0.225 e. The van der Waals surface area contributed by atoms with Gasteiger partial charge in [-0.3, -0.25) is 4.79 Å². The van der Waals surface area contributed by atoms with Gasteiger partial charge in [0.1, 0.15) is 6.29 Å². The monoisotopic (exact) mass is 391 g/mol. The first-order valence-electron chi connectivity index (χ1n) is 9.88. The maximum absolute atomic E-state index is 11.0. The van der Waals surface area contributed by atoms with Crippen molar-refractivity contribution in [3.05, 3.63) is 78.0 Å². The third-order valence-electron chi connectivity index (χ3n) is 4.09. The number of anilines is 1. The molecule has 0 aliphatic rings. The van der Waals surface area contributed by atoms with Crippen molar-refractivity contribution < 1.29 is 4.79 Å². The molecule has 152 valence electrons. The third kappa shape index (κ3) is 7.01. The van der Waals surface area contributed by atoms with E-state index in [0.717, 1.165) is 30.5 Å². The van der Waals surface area contributed by atoms with Crippen LogP contribution in [0.3, 0.4) is 0 Å². The number of nitrogens with zero attached hydrogens (tertiary/aromatic N) is 3. The predicted octanol–water partition coefficient (Wildman–Crippen LogP) is 3.84. The van der Waals surface area contributed by atoms with Crippen molar-refractivity contribution in [3.8, 4) is 11.4 Å². The average Bonchev–Trinajstić information content (AvgIpc) is 3.14. The third-order valence-corrected chi connectivity index (χ3v) is 4.09. The first-order chi connectivity index (χ1) is 14.3. The SMILES string of the molecule is CC.Cn1nc(-c2ccccc2)nc1N/C(=C\C=O)CNCCc1ccccc1. The molecular weight excluding hydrogens is 362 g/mol. The number of aldehydes is 1. The fourth-order valence-corrected chi connectivity index (χ4v) is 2.67. The van der Waals surface area contributed by atoms with Crippen LogP contribution < -0.4 is 10.6 Å². The molecule has 0 bridgehead atoms. The van der Waals surface area contributed by atoms with Crippen molar-refractivity contribution in [1.29, 1.82) is 0 Å². The standard InChI is InChI=1S/C21H23N5O.C2H6/c1-26-21(24-20(25-26)18-10-6-3-7-11-18)23-19(13-15-27)16-22-14-12-17-8-4-2-5-9-17;1-2/h2-11,13,15,22H,12,14,16H2,1H3,(H,23,24,25);1-2H3/b19-13-;. The van der Waals surface area contributed by atoms with E-state index in [-0.39, 0.29) is 0 Å². The normalized spacial score (nSPS) is 10.8. The largest absolute Gasteiger partial charge is 0.327 e. The molecule has 0 saturated heterocycles. The van der Waals surface area contributed by atoms with Crippen LogP contribution in [0.15, 0.2) is 72.4 Å². The number of nitrogens with one attached hydrogen (secondary N) is 2. The van der Waals surface area contributed by atoms with Gasteiger partial charge < -0.3 is 10.6 Å². The highest BCUT2D eigenvalue weighted by Gasteiger charge is 2.10. The van der Waals surface area contributed by atoms with Crippen LogP contribution in [0, 0.1) is 0 Å². The lowest BCUT2D eigenvalue weighted by atomic mass is 10.1. The van der Waals surface area contributed by atoms with Crippen LogP contribution >= 0.6 is 0 Å². The fourth-order valence-electron chi connectivity index (χ4n) is 2.67. The van der Waals surface area contributed by atoms with Crippen LogP contribution in [0.4, 0.5) is 5.95 Å². The van der Waals surface area contributed by atoms with Crippen molar-refractivity contribution in [2.24, 2.45) is 7.05 Å². The summed E-state index contributed by atoms with van der Waals surface area (Å²) in [4.78, 5) is 15.5. The lowest BCUT2D eigenvalue weighted by Crippen LogP contribution is -2.24. The molecule has 0 unspecified atom stereocenters.